The third-order valence-corrected chi connectivity index (χ3v) is 5.59. The second-order valence-corrected chi connectivity index (χ2v) is 6.95. The predicted molar refractivity (Wildman–Crippen MR) is 77.7 cm³/mol. The summed E-state index contributed by atoms with van der Waals surface area (Å²) in [5.74, 6) is 1.68. The van der Waals surface area contributed by atoms with E-state index in [4.69, 9.17) is 17.3 Å². The molecule has 1 aromatic rings. The van der Waals surface area contributed by atoms with Crippen LogP contribution in [0.2, 0.25) is 5.02 Å². The highest BCUT2D eigenvalue weighted by Gasteiger charge is 2.25. The zero-order valence-electron chi connectivity index (χ0n) is 10.4. The Labute approximate surface area is 113 Å². The molecular formula is C14H20ClNS. The summed E-state index contributed by atoms with van der Waals surface area (Å²) < 4.78 is 0. The van der Waals surface area contributed by atoms with Crippen LogP contribution in [-0.4, -0.2) is 5.25 Å². The first-order valence-corrected chi connectivity index (χ1v) is 7.53. The molecule has 1 aliphatic rings. The van der Waals surface area contributed by atoms with Gasteiger partial charge in [-0.25, -0.2) is 0 Å². The van der Waals surface area contributed by atoms with Crippen molar-refractivity contribution in [1.82, 2.24) is 0 Å². The molecule has 3 heteroatoms. The summed E-state index contributed by atoms with van der Waals surface area (Å²) in [5, 5.41) is 1.52. The van der Waals surface area contributed by atoms with Crippen LogP contribution in [0, 0.1) is 11.8 Å². The minimum absolute atomic E-state index is 0.695. The van der Waals surface area contributed by atoms with Crippen molar-refractivity contribution < 1.29 is 0 Å². The van der Waals surface area contributed by atoms with Crippen molar-refractivity contribution in [3.63, 3.8) is 0 Å². The molecular weight excluding hydrogens is 250 g/mol. The lowest BCUT2D eigenvalue weighted by Crippen LogP contribution is -2.22. The smallest absolute Gasteiger partial charge is 0.0543 e. The summed E-state index contributed by atoms with van der Waals surface area (Å²) >= 11 is 8.10. The van der Waals surface area contributed by atoms with Crippen LogP contribution in [0.15, 0.2) is 23.1 Å². The number of nitrogen functional groups attached to an aromatic ring is 1. The highest BCUT2D eigenvalue weighted by atomic mass is 35.5. The van der Waals surface area contributed by atoms with Crippen LogP contribution in [-0.2, 0) is 0 Å². The highest BCUT2D eigenvalue weighted by Crippen LogP contribution is 2.41. The second-order valence-electron chi connectivity index (χ2n) is 5.20. The Hall–Kier alpha value is -0.340. The lowest BCUT2D eigenvalue weighted by atomic mass is 9.81. The first-order valence-electron chi connectivity index (χ1n) is 6.28. The largest absolute Gasteiger partial charge is 0.399 e. The molecule has 1 nitrogen and oxygen atoms in total. The Morgan fingerprint density at radius 1 is 1.24 bits per heavy atom. The lowest BCUT2D eigenvalue weighted by Gasteiger charge is -2.31. The van der Waals surface area contributed by atoms with E-state index in [1.165, 1.54) is 19.3 Å². The Kier molecular flexibility index (Phi) is 4.26. The Morgan fingerprint density at radius 3 is 2.71 bits per heavy atom. The number of benzene rings is 1. The van der Waals surface area contributed by atoms with Crippen molar-refractivity contribution in [3.05, 3.63) is 23.2 Å². The second kappa shape index (κ2) is 5.53. The third kappa shape index (κ3) is 3.32. The monoisotopic (exact) mass is 269 g/mol. The molecule has 0 bridgehead atoms. The zero-order chi connectivity index (χ0) is 12.4. The van der Waals surface area contributed by atoms with Gasteiger partial charge in [-0.2, -0.15) is 0 Å². The van der Waals surface area contributed by atoms with Gasteiger partial charge in [-0.3, -0.25) is 0 Å². The van der Waals surface area contributed by atoms with E-state index < -0.39 is 0 Å². The van der Waals surface area contributed by atoms with Gasteiger partial charge in [-0.05, 0) is 49.3 Å². The molecule has 0 heterocycles. The van der Waals surface area contributed by atoms with E-state index in [0.29, 0.717) is 5.25 Å². The number of hydrogen-bond donors (Lipinski definition) is 1. The molecule has 2 rings (SSSR count). The summed E-state index contributed by atoms with van der Waals surface area (Å²) in [4.78, 5) is 1.14. The van der Waals surface area contributed by atoms with E-state index >= 15 is 0 Å². The molecule has 0 amide bonds. The van der Waals surface area contributed by atoms with Crippen LogP contribution in [0.4, 0.5) is 5.69 Å². The Morgan fingerprint density at radius 2 is 2.00 bits per heavy atom. The lowest BCUT2D eigenvalue weighted by molar-refractivity contribution is 0.283. The van der Waals surface area contributed by atoms with Crippen LogP contribution in [0.1, 0.15) is 33.1 Å². The van der Waals surface area contributed by atoms with Gasteiger partial charge >= 0.3 is 0 Å². The fourth-order valence-corrected chi connectivity index (χ4v) is 4.04. The average Bonchev–Trinajstić information content (AvgIpc) is 2.29. The molecule has 0 saturated heterocycles. The standard InChI is InChI=1S/C14H20ClNS/c1-9-3-5-12(7-10(9)2)17-14-8-11(16)4-6-13(14)15/h4,6,8-10,12H,3,5,7,16H2,1-2H3. The van der Waals surface area contributed by atoms with Gasteiger partial charge in [0.25, 0.3) is 0 Å². The molecule has 0 aliphatic heterocycles. The molecule has 94 valence electrons. The van der Waals surface area contributed by atoms with Gasteiger partial charge < -0.3 is 5.73 Å². The third-order valence-electron chi connectivity index (χ3n) is 3.80. The summed E-state index contributed by atoms with van der Waals surface area (Å²) in [5.41, 5.74) is 6.61. The van der Waals surface area contributed by atoms with Gasteiger partial charge in [-0.1, -0.05) is 25.4 Å². The first-order chi connectivity index (χ1) is 8.06. The van der Waals surface area contributed by atoms with Crippen LogP contribution >= 0.6 is 23.4 Å². The number of hydrogen-bond acceptors (Lipinski definition) is 2. The van der Waals surface area contributed by atoms with Gasteiger partial charge in [0.05, 0.1) is 5.02 Å². The van der Waals surface area contributed by atoms with Crippen LogP contribution < -0.4 is 5.73 Å². The highest BCUT2D eigenvalue weighted by molar-refractivity contribution is 8.00. The predicted octanol–water partition coefficient (Wildman–Crippen LogP) is 4.84. The fourth-order valence-electron chi connectivity index (χ4n) is 2.39. The van der Waals surface area contributed by atoms with Crippen molar-refractivity contribution in [2.45, 2.75) is 43.3 Å². The summed E-state index contributed by atoms with van der Waals surface area (Å²) in [6.07, 6.45) is 3.91. The van der Waals surface area contributed by atoms with Crippen molar-refractivity contribution >= 4 is 29.1 Å². The summed E-state index contributed by atoms with van der Waals surface area (Å²) in [6, 6.07) is 5.75. The SMILES string of the molecule is CC1CCC(Sc2cc(N)ccc2Cl)CC1C. The van der Waals surface area contributed by atoms with Crippen LogP contribution in [0.25, 0.3) is 0 Å². The van der Waals surface area contributed by atoms with Crippen molar-refractivity contribution in [1.29, 1.82) is 0 Å². The number of nitrogens with two attached hydrogens (primary N) is 1. The Balaban J connectivity index is 2.03. The zero-order valence-corrected chi connectivity index (χ0v) is 12.0. The van der Waals surface area contributed by atoms with E-state index in [0.717, 1.165) is 27.4 Å². The molecule has 0 spiro atoms. The number of thioether (sulfide) groups is 1. The van der Waals surface area contributed by atoms with Crippen LogP contribution in [0.3, 0.4) is 0 Å². The van der Waals surface area contributed by atoms with Gasteiger partial charge in [-0.15, -0.1) is 11.8 Å². The molecule has 1 fully saturated rings. The van der Waals surface area contributed by atoms with Gasteiger partial charge in [0, 0.05) is 15.8 Å². The number of anilines is 1. The molecule has 3 unspecified atom stereocenters. The maximum Gasteiger partial charge on any atom is 0.0543 e. The molecule has 3 atom stereocenters. The molecule has 2 N–H and O–H groups in total. The molecule has 1 aromatic carbocycles. The number of halogens is 1. The fraction of sp³-hybridized carbons (Fsp3) is 0.571. The minimum Gasteiger partial charge on any atom is -0.399 e. The van der Waals surface area contributed by atoms with Crippen molar-refractivity contribution in [3.8, 4) is 0 Å². The van der Waals surface area contributed by atoms with E-state index in [9.17, 15) is 0 Å². The molecule has 1 aliphatic carbocycles. The van der Waals surface area contributed by atoms with Crippen molar-refractivity contribution in [2.24, 2.45) is 11.8 Å². The van der Waals surface area contributed by atoms with E-state index in [1.54, 1.807) is 0 Å². The van der Waals surface area contributed by atoms with Crippen molar-refractivity contribution in [2.75, 3.05) is 5.73 Å². The summed E-state index contributed by atoms with van der Waals surface area (Å²) in [6.45, 7) is 4.72. The molecule has 17 heavy (non-hydrogen) atoms. The normalized spacial score (nSPS) is 29.2. The first kappa shape index (κ1) is 13.1. The maximum absolute atomic E-state index is 6.20. The van der Waals surface area contributed by atoms with Gasteiger partial charge in [0.2, 0.25) is 0 Å². The van der Waals surface area contributed by atoms with Crippen LogP contribution in [0.5, 0.6) is 0 Å². The maximum atomic E-state index is 6.20. The molecule has 1 saturated carbocycles. The topological polar surface area (TPSA) is 26.0 Å². The van der Waals surface area contributed by atoms with E-state index in [-0.39, 0.29) is 0 Å². The van der Waals surface area contributed by atoms with Gasteiger partial charge in [0.1, 0.15) is 0 Å². The Bertz CT molecular complexity index is 394. The summed E-state index contributed by atoms with van der Waals surface area (Å²) in [7, 11) is 0. The molecule has 0 radical (unpaired) electrons. The number of rotatable bonds is 2. The minimum atomic E-state index is 0.695. The average molecular weight is 270 g/mol. The van der Waals surface area contributed by atoms with Gasteiger partial charge in [0.15, 0.2) is 0 Å². The molecule has 0 aromatic heterocycles. The quantitative estimate of drug-likeness (QED) is 0.778. The van der Waals surface area contributed by atoms with E-state index in [1.807, 2.05) is 30.0 Å². The van der Waals surface area contributed by atoms with E-state index in [2.05, 4.69) is 13.8 Å².